The SMILES string of the molecule is Cc1nn(-c2ccccc2Cl)c2sc(C(=O)NCCc3nnc4n3CCCCC4)cc12. The molecule has 0 aliphatic carbocycles. The quantitative estimate of drug-likeness (QED) is 0.486. The lowest BCUT2D eigenvalue weighted by molar-refractivity contribution is 0.0958. The molecule has 31 heavy (non-hydrogen) atoms. The number of carbonyl (C=O) groups excluding carboxylic acids is 1. The van der Waals surface area contributed by atoms with Crippen LogP contribution in [0.4, 0.5) is 0 Å². The number of benzene rings is 1. The summed E-state index contributed by atoms with van der Waals surface area (Å²) < 4.78 is 4.04. The molecule has 1 amide bonds. The van der Waals surface area contributed by atoms with Crippen molar-refractivity contribution in [3.8, 4) is 5.69 Å². The molecule has 1 aromatic carbocycles. The van der Waals surface area contributed by atoms with Gasteiger partial charge >= 0.3 is 0 Å². The van der Waals surface area contributed by atoms with Crippen LogP contribution in [0.25, 0.3) is 15.9 Å². The van der Waals surface area contributed by atoms with Gasteiger partial charge in [0.25, 0.3) is 5.91 Å². The number of aryl methyl sites for hydroxylation is 2. The largest absolute Gasteiger partial charge is 0.351 e. The Balaban J connectivity index is 1.31. The number of halogens is 1. The zero-order valence-corrected chi connectivity index (χ0v) is 18.8. The van der Waals surface area contributed by atoms with Gasteiger partial charge in [-0.2, -0.15) is 5.10 Å². The number of amides is 1. The molecule has 1 aliphatic heterocycles. The maximum absolute atomic E-state index is 12.8. The molecule has 0 saturated heterocycles. The lowest BCUT2D eigenvalue weighted by atomic mass is 10.2. The molecule has 3 aromatic heterocycles. The van der Waals surface area contributed by atoms with Crippen molar-refractivity contribution in [2.45, 2.75) is 45.6 Å². The van der Waals surface area contributed by atoms with Crippen molar-refractivity contribution in [1.82, 2.24) is 29.9 Å². The molecule has 0 fully saturated rings. The molecule has 7 nitrogen and oxygen atoms in total. The number of thiophene rings is 1. The first-order valence-corrected chi connectivity index (χ1v) is 11.7. The van der Waals surface area contributed by atoms with Crippen molar-refractivity contribution in [3.63, 3.8) is 0 Å². The average molecular weight is 455 g/mol. The van der Waals surface area contributed by atoms with Gasteiger partial charge in [0.1, 0.15) is 16.5 Å². The summed E-state index contributed by atoms with van der Waals surface area (Å²) in [5.74, 6) is 1.95. The van der Waals surface area contributed by atoms with Crippen molar-refractivity contribution in [3.05, 3.63) is 57.6 Å². The molecule has 0 atom stereocenters. The minimum Gasteiger partial charge on any atom is -0.351 e. The van der Waals surface area contributed by atoms with E-state index in [1.54, 1.807) is 0 Å². The summed E-state index contributed by atoms with van der Waals surface area (Å²) in [6, 6.07) is 9.49. The van der Waals surface area contributed by atoms with Crippen LogP contribution in [0.3, 0.4) is 0 Å². The fourth-order valence-corrected chi connectivity index (χ4v) is 5.36. The van der Waals surface area contributed by atoms with Gasteiger partial charge in [-0.1, -0.05) is 30.2 Å². The Labute approximate surface area is 189 Å². The third-order valence-corrected chi connectivity index (χ3v) is 7.10. The van der Waals surface area contributed by atoms with Crippen LogP contribution in [-0.2, 0) is 19.4 Å². The molecule has 4 aromatic rings. The fraction of sp³-hybridized carbons (Fsp3) is 0.364. The van der Waals surface area contributed by atoms with Crippen molar-refractivity contribution >= 4 is 39.1 Å². The van der Waals surface area contributed by atoms with E-state index < -0.39 is 0 Å². The Bertz CT molecular complexity index is 1260. The van der Waals surface area contributed by atoms with Gasteiger partial charge in [0.05, 0.1) is 21.3 Å². The molecule has 1 aliphatic rings. The molecule has 0 unspecified atom stereocenters. The van der Waals surface area contributed by atoms with Gasteiger partial charge in [0, 0.05) is 31.3 Å². The van der Waals surface area contributed by atoms with E-state index in [1.165, 1.54) is 24.2 Å². The van der Waals surface area contributed by atoms with Gasteiger partial charge in [-0.25, -0.2) is 4.68 Å². The average Bonchev–Trinajstić information content (AvgIpc) is 3.39. The van der Waals surface area contributed by atoms with E-state index >= 15 is 0 Å². The predicted molar refractivity (Wildman–Crippen MR) is 122 cm³/mol. The highest BCUT2D eigenvalue weighted by Gasteiger charge is 2.19. The molecule has 0 radical (unpaired) electrons. The Morgan fingerprint density at radius 2 is 2.10 bits per heavy atom. The molecule has 1 N–H and O–H groups in total. The van der Waals surface area contributed by atoms with Crippen LogP contribution in [0.2, 0.25) is 5.02 Å². The van der Waals surface area contributed by atoms with Crippen LogP contribution in [0.5, 0.6) is 0 Å². The van der Waals surface area contributed by atoms with Crippen LogP contribution < -0.4 is 5.32 Å². The van der Waals surface area contributed by atoms with Crippen molar-refractivity contribution in [2.24, 2.45) is 0 Å². The Hall–Kier alpha value is -2.71. The van der Waals surface area contributed by atoms with E-state index in [4.69, 9.17) is 11.6 Å². The lowest BCUT2D eigenvalue weighted by Gasteiger charge is -2.07. The summed E-state index contributed by atoms with van der Waals surface area (Å²) in [6.07, 6.45) is 5.23. The van der Waals surface area contributed by atoms with Crippen molar-refractivity contribution < 1.29 is 4.79 Å². The highest BCUT2D eigenvalue weighted by atomic mass is 35.5. The van der Waals surface area contributed by atoms with E-state index in [1.807, 2.05) is 41.9 Å². The summed E-state index contributed by atoms with van der Waals surface area (Å²) in [4.78, 5) is 14.4. The van der Waals surface area contributed by atoms with Crippen LogP contribution >= 0.6 is 22.9 Å². The third kappa shape index (κ3) is 3.85. The van der Waals surface area contributed by atoms with E-state index in [0.717, 1.165) is 52.6 Å². The number of nitrogens with zero attached hydrogens (tertiary/aromatic N) is 5. The highest BCUT2D eigenvalue weighted by molar-refractivity contribution is 7.20. The Morgan fingerprint density at radius 3 is 2.97 bits per heavy atom. The third-order valence-electron chi connectivity index (χ3n) is 5.67. The number of nitrogens with one attached hydrogen (secondary N) is 1. The monoisotopic (exact) mass is 454 g/mol. The van der Waals surface area contributed by atoms with Gasteiger partial charge in [0.15, 0.2) is 0 Å². The molecule has 5 rings (SSSR count). The zero-order chi connectivity index (χ0) is 21.4. The number of carbonyl (C=O) groups is 1. The van der Waals surface area contributed by atoms with Gasteiger partial charge in [-0.15, -0.1) is 21.5 Å². The van der Waals surface area contributed by atoms with Crippen LogP contribution in [0.1, 0.15) is 46.3 Å². The predicted octanol–water partition coefficient (Wildman–Crippen LogP) is 4.34. The van der Waals surface area contributed by atoms with E-state index in [2.05, 4.69) is 25.2 Å². The first-order valence-electron chi connectivity index (χ1n) is 10.5. The molecule has 0 bridgehead atoms. The van der Waals surface area contributed by atoms with Gasteiger partial charge in [0.2, 0.25) is 0 Å². The second-order valence-electron chi connectivity index (χ2n) is 7.78. The molecule has 9 heteroatoms. The zero-order valence-electron chi connectivity index (χ0n) is 17.3. The normalized spacial score (nSPS) is 13.9. The first kappa shape index (κ1) is 20.2. The smallest absolute Gasteiger partial charge is 0.261 e. The molecule has 160 valence electrons. The summed E-state index contributed by atoms with van der Waals surface area (Å²) in [7, 11) is 0. The van der Waals surface area contributed by atoms with Crippen LogP contribution in [0, 0.1) is 6.92 Å². The number of rotatable bonds is 5. The Kier molecular flexibility index (Phi) is 5.50. The molecule has 0 saturated carbocycles. The minimum absolute atomic E-state index is 0.0816. The maximum atomic E-state index is 12.8. The second-order valence-corrected chi connectivity index (χ2v) is 9.22. The lowest BCUT2D eigenvalue weighted by Crippen LogP contribution is -2.25. The molecule has 0 spiro atoms. The number of hydrogen-bond donors (Lipinski definition) is 1. The summed E-state index contributed by atoms with van der Waals surface area (Å²) in [5.41, 5.74) is 1.68. The van der Waals surface area contributed by atoms with Gasteiger partial charge in [-0.05, 0) is 38.0 Å². The van der Waals surface area contributed by atoms with Crippen molar-refractivity contribution in [2.75, 3.05) is 6.54 Å². The topological polar surface area (TPSA) is 77.6 Å². The van der Waals surface area contributed by atoms with Gasteiger partial charge < -0.3 is 9.88 Å². The molecular weight excluding hydrogens is 432 g/mol. The minimum atomic E-state index is -0.0816. The highest BCUT2D eigenvalue weighted by Crippen LogP contribution is 2.32. The molecule has 4 heterocycles. The van der Waals surface area contributed by atoms with E-state index in [9.17, 15) is 4.79 Å². The second kappa shape index (κ2) is 8.43. The first-order chi connectivity index (χ1) is 15.1. The van der Waals surface area contributed by atoms with Crippen LogP contribution in [0.15, 0.2) is 30.3 Å². The Morgan fingerprint density at radius 1 is 1.23 bits per heavy atom. The number of hydrogen-bond acceptors (Lipinski definition) is 5. The summed E-state index contributed by atoms with van der Waals surface area (Å²) in [6.45, 7) is 3.45. The summed E-state index contributed by atoms with van der Waals surface area (Å²) in [5, 5.41) is 17.9. The van der Waals surface area contributed by atoms with E-state index in [-0.39, 0.29) is 5.91 Å². The molecular formula is C22H23ClN6OS. The van der Waals surface area contributed by atoms with Gasteiger partial charge in [-0.3, -0.25) is 4.79 Å². The summed E-state index contributed by atoms with van der Waals surface area (Å²) >= 11 is 7.79. The fourth-order valence-electron chi connectivity index (χ4n) is 4.05. The standard InChI is InChI=1S/C22H23ClN6OS/c1-14-15-13-18(31-22(15)29(27-14)17-8-5-4-7-16(17)23)21(30)24-11-10-20-26-25-19-9-3-2-6-12-28(19)20/h4-5,7-8,13H,2-3,6,9-12H2,1H3,(H,24,30). The number of aromatic nitrogens is 5. The van der Waals surface area contributed by atoms with E-state index in [0.29, 0.717) is 22.9 Å². The van der Waals surface area contributed by atoms with Crippen LogP contribution in [-0.4, -0.2) is 37.0 Å². The maximum Gasteiger partial charge on any atom is 0.261 e. The number of fused-ring (bicyclic) bond motifs is 2. The number of para-hydroxylation sites is 1. The van der Waals surface area contributed by atoms with Crippen molar-refractivity contribution in [1.29, 1.82) is 0 Å².